The van der Waals surface area contributed by atoms with Gasteiger partial charge in [0.15, 0.2) is 0 Å². The number of amides is 1. The number of hydrogen-bond acceptors (Lipinski definition) is 3. The van der Waals surface area contributed by atoms with E-state index in [1.54, 1.807) is 0 Å². The smallest absolute Gasteiger partial charge is 0.247 e. The zero-order valence-electron chi connectivity index (χ0n) is 12.5. The molecule has 4 nitrogen and oxygen atoms in total. The van der Waals surface area contributed by atoms with Gasteiger partial charge in [0.05, 0.1) is 17.4 Å². The van der Waals surface area contributed by atoms with Gasteiger partial charge in [0, 0.05) is 20.1 Å². The molecule has 0 saturated heterocycles. The Labute approximate surface area is 126 Å². The lowest BCUT2D eigenvalue weighted by Crippen LogP contribution is -2.49. The van der Waals surface area contributed by atoms with E-state index in [0.717, 1.165) is 37.2 Å². The van der Waals surface area contributed by atoms with Crippen LogP contribution in [-0.2, 0) is 4.79 Å². The summed E-state index contributed by atoms with van der Waals surface area (Å²) in [6.07, 6.45) is 4.51. The zero-order valence-corrected chi connectivity index (χ0v) is 12.5. The number of benzene rings is 1. The summed E-state index contributed by atoms with van der Waals surface area (Å²) in [6, 6.07) is 10.3. The molecule has 2 aliphatic rings. The number of para-hydroxylation sites is 2. The van der Waals surface area contributed by atoms with Crippen molar-refractivity contribution in [2.45, 2.75) is 32.1 Å². The molecule has 1 aliphatic heterocycles. The lowest BCUT2D eigenvalue weighted by Gasteiger charge is -2.40. The van der Waals surface area contributed by atoms with E-state index in [0.29, 0.717) is 19.4 Å². The molecule has 1 heterocycles. The number of carbonyl (C=O) groups is 1. The van der Waals surface area contributed by atoms with Gasteiger partial charge in [0.25, 0.3) is 0 Å². The average molecular weight is 283 g/mol. The van der Waals surface area contributed by atoms with E-state index in [1.165, 1.54) is 0 Å². The van der Waals surface area contributed by atoms with E-state index in [9.17, 15) is 10.1 Å². The number of likely N-dealkylation sites (N-methyl/N-ethyl adjacent to an activating group) is 1. The van der Waals surface area contributed by atoms with E-state index in [1.807, 2.05) is 36.2 Å². The monoisotopic (exact) mass is 283 g/mol. The Hall–Kier alpha value is -2.02. The molecule has 4 heteroatoms. The van der Waals surface area contributed by atoms with Crippen molar-refractivity contribution in [3.63, 3.8) is 0 Å². The zero-order chi connectivity index (χ0) is 14.9. The first-order valence-corrected chi connectivity index (χ1v) is 7.71. The second-order valence-electron chi connectivity index (χ2n) is 6.12. The van der Waals surface area contributed by atoms with Crippen LogP contribution in [0.15, 0.2) is 24.3 Å². The topological polar surface area (TPSA) is 47.3 Å². The van der Waals surface area contributed by atoms with Gasteiger partial charge in [-0.1, -0.05) is 31.4 Å². The van der Waals surface area contributed by atoms with E-state index in [-0.39, 0.29) is 5.91 Å². The molecular weight excluding hydrogens is 262 g/mol. The number of fused-ring (bicyclic) bond motifs is 1. The van der Waals surface area contributed by atoms with E-state index < -0.39 is 5.41 Å². The van der Waals surface area contributed by atoms with Gasteiger partial charge in [-0.05, 0) is 25.0 Å². The lowest BCUT2D eigenvalue weighted by atomic mass is 9.74. The summed E-state index contributed by atoms with van der Waals surface area (Å²) in [5, 5.41) is 9.63. The van der Waals surface area contributed by atoms with Gasteiger partial charge in [0.1, 0.15) is 5.41 Å². The molecule has 0 aromatic heterocycles. The third-order valence-electron chi connectivity index (χ3n) is 4.82. The van der Waals surface area contributed by atoms with Crippen LogP contribution in [0.2, 0.25) is 0 Å². The van der Waals surface area contributed by atoms with Crippen molar-refractivity contribution in [2.24, 2.45) is 5.41 Å². The van der Waals surface area contributed by atoms with Gasteiger partial charge < -0.3 is 9.80 Å². The maximum absolute atomic E-state index is 13.1. The third-order valence-corrected chi connectivity index (χ3v) is 4.82. The van der Waals surface area contributed by atoms with Crippen molar-refractivity contribution >= 4 is 17.3 Å². The first-order chi connectivity index (χ1) is 10.2. The van der Waals surface area contributed by atoms with Gasteiger partial charge in [-0.3, -0.25) is 4.79 Å². The Morgan fingerprint density at radius 3 is 2.48 bits per heavy atom. The summed E-state index contributed by atoms with van der Waals surface area (Å²) in [6.45, 7) is 1.47. The fraction of sp³-hybridized carbons (Fsp3) is 0.529. The predicted molar refractivity (Wildman–Crippen MR) is 83.2 cm³/mol. The van der Waals surface area contributed by atoms with Crippen LogP contribution in [0.5, 0.6) is 0 Å². The highest BCUT2D eigenvalue weighted by Crippen LogP contribution is 2.41. The second-order valence-corrected chi connectivity index (χ2v) is 6.12. The number of carbonyl (C=O) groups excluding carboxylic acids is 1. The highest BCUT2D eigenvalue weighted by molar-refractivity contribution is 6.02. The molecule has 0 unspecified atom stereocenters. The van der Waals surface area contributed by atoms with Crippen LogP contribution in [0.25, 0.3) is 0 Å². The number of nitrogens with zero attached hydrogens (tertiary/aromatic N) is 3. The summed E-state index contributed by atoms with van der Waals surface area (Å²) in [7, 11) is 2.04. The number of nitriles is 1. The summed E-state index contributed by atoms with van der Waals surface area (Å²) in [5.41, 5.74) is 1.21. The molecular formula is C17H21N3O. The van der Waals surface area contributed by atoms with Crippen molar-refractivity contribution in [1.82, 2.24) is 0 Å². The highest BCUT2D eigenvalue weighted by atomic mass is 16.2. The third kappa shape index (κ3) is 2.27. The van der Waals surface area contributed by atoms with Crippen LogP contribution in [0.3, 0.4) is 0 Å². The molecule has 1 saturated carbocycles. The van der Waals surface area contributed by atoms with E-state index in [2.05, 4.69) is 11.0 Å². The maximum Gasteiger partial charge on any atom is 0.247 e. The van der Waals surface area contributed by atoms with Crippen LogP contribution in [0, 0.1) is 16.7 Å². The normalized spacial score (nSPS) is 20.6. The van der Waals surface area contributed by atoms with Crippen molar-refractivity contribution in [2.75, 3.05) is 29.9 Å². The first-order valence-electron chi connectivity index (χ1n) is 7.71. The summed E-state index contributed by atoms with van der Waals surface area (Å²) in [5.74, 6) is 0.00486. The molecule has 0 spiro atoms. The van der Waals surface area contributed by atoms with Crippen LogP contribution in [-0.4, -0.2) is 26.0 Å². The van der Waals surface area contributed by atoms with Gasteiger partial charge in [-0.2, -0.15) is 5.26 Å². The van der Waals surface area contributed by atoms with Crippen molar-refractivity contribution in [3.8, 4) is 6.07 Å². The molecule has 110 valence electrons. The standard InChI is InChI=1S/C17H21N3O/c1-19-11-12-20(15-8-4-3-7-14(15)19)16(21)17(13-18)9-5-2-6-10-17/h3-4,7-8H,2,5-6,9-12H2,1H3. The summed E-state index contributed by atoms with van der Waals surface area (Å²) >= 11 is 0. The lowest BCUT2D eigenvalue weighted by molar-refractivity contribution is -0.126. The quantitative estimate of drug-likeness (QED) is 0.796. The van der Waals surface area contributed by atoms with Crippen LogP contribution < -0.4 is 9.80 Å². The molecule has 21 heavy (non-hydrogen) atoms. The molecule has 1 aliphatic carbocycles. The van der Waals surface area contributed by atoms with Crippen molar-refractivity contribution in [3.05, 3.63) is 24.3 Å². The second kappa shape index (κ2) is 5.40. The minimum Gasteiger partial charge on any atom is -0.371 e. The van der Waals surface area contributed by atoms with Gasteiger partial charge in [-0.25, -0.2) is 0 Å². The van der Waals surface area contributed by atoms with E-state index in [4.69, 9.17) is 0 Å². The molecule has 1 aromatic rings. The number of rotatable bonds is 1. The predicted octanol–water partition coefficient (Wildman–Crippen LogP) is 2.94. The first kappa shape index (κ1) is 13.9. The molecule has 1 aromatic carbocycles. The number of anilines is 2. The Bertz CT molecular complexity index is 584. The average Bonchev–Trinajstić information content (AvgIpc) is 2.55. The van der Waals surface area contributed by atoms with E-state index >= 15 is 0 Å². The fourth-order valence-corrected chi connectivity index (χ4v) is 3.50. The SMILES string of the molecule is CN1CCN(C(=O)C2(C#N)CCCCC2)c2ccccc21. The largest absolute Gasteiger partial charge is 0.371 e. The highest BCUT2D eigenvalue weighted by Gasteiger charge is 2.44. The summed E-state index contributed by atoms with van der Waals surface area (Å²) < 4.78 is 0. The maximum atomic E-state index is 13.1. The van der Waals surface area contributed by atoms with Crippen molar-refractivity contribution in [1.29, 1.82) is 5.26 Å². The molecule has 0 atom stereocenters. The minimum atomic E-state index is -0.804. The van der Waals surface area contributed by atoms with Gasteiger partial charge >= 0.3 is 0 Å². The van der Waals surface area contributed by atoms with Crippen LogP contribution >= 0.6 is 0 Å². The van der Waals surface area contributed by atoms with Crippen molar-refractivity contribution < 1.29 is 4.79 Å². The Kier molecular flexibility index (Phi) is 3.59. The molecule has 0 radical (unpaired) electrons. The molecule has 1 fully saturated rings. The number of hydrogen-bond donors (Lipinski definition) is 0. The molecule has 3 rings (SSSR count). The molecule has 1 amide bonds. The summed E-state index contributed by atoms with van der Waals surface area (Å²) in [4.78, 5) is 17.1. The van der Waals surface area contributed by atoms with Crippen LogP contribution in [0.4, 0.5) is 11.4 Å². The van der Waals surface area contributed by atoms with Gasteiger partial charge in [-0.15, -0.1) is 0 Å². The Morgan fingerprint density at radius 1 is 1.14 bits per heavy atom. The Morgan fingerprint density at radius 2 is 1.81 bits per heavy atom. The molecule has 0 bridgehead atoms. The fourth-order valence-electron chi connectivity index (χ4n) is 3.50. The molecule has 0 N–H and O–H groups in total. The van der Waals surface area contributed by atoms with Crippen LogP contribution in [0.1, 0.15) is 32.1 Å². The minimum absolute atomic E-state index is 0.00486. The van der Waals surface area contributed by atoms with Gasteiger partial charge in [0.2, 0.25) is 5.91 Å². The Balaban J connectivity index is 1.96.